The van der Waals surface area contributed by atoms with Crippen molar-refractivity contribution in [2.24, 2.45) is 0 Å². The van der Waals surface area contributed by atoms with Crippen LogP contribution in [0.3, 0.4) is 0 Å². The second-order valence-corrected chi connectivity index (χ2v) is 9.96. The van der Waals surface area contributed by atoms with Gasteiger partial charge in [-0.1, -0.05) is 45.5 Å². The van der Waals surface area contributed by atoms with Crippen LogP contribution in [-0.2, 0) is 10.8 Å². The Bertz CT molecular complexity index is 756. The van der Waals surface area contributed by atoms with E-state index in [1.165, 1.54) is 40.2 Å². The van der Waals surface area contributed by atoms with Crippen LogP contribution in [0.15, 0.2) is 39.4 Å². The van der Waals surface area contributed by atoms with E-state index in [2.05, 4.69) is 45.9 Å². The van der Waals surface area contributed by atoms with Crippen LogP contribution >= 0.6 is 23.1 Å². The second kappa shape index (κ2) is 5.67. The van der Waals surface area contributed by atoms with Crippen molar-refractivity contribution in [1.82, 2.24) is 0 Å². The van der Waals surface area contributed by atoms with Gasteiger partial charge in [-0.2, -0.15) is 0 Å². The first kappa shape index (κ1) is 16.6. The molecule has 1 aliphatic rings. The fourth-order valence-corrected chi connectivity index (χ4v) is 5.22. The van der Waals surface area contributed by atoms with Crippen molar-refractivity contribution in [3.63, 3.8) is 0 Å². The van der Waals surface area contributed by atoms with Crippen LogP contribution in [0.25, 0.3) is 0 Å². The molecule has 1 heterocycles. The molecule has 2 nitrogen and oxygen atoms in total. The highest BCUT2D eigenvalue weighted by Gasteiger charge is 2.36. The van der Waals surface area contributed by atoms with Gasteiger partial charge in [0, 0.05) is 4.90 Å². The predicted molar refractivity (Wildman–Crippen MR) is 97.1 cm³/mol. The number of thiophene rings is 1. The molecular formula is C19H22O2S2. The minimum absolute atomic E-state index is 0.198. The number of benzene rings is 1. The number of carbonyl (C=O) groups is 1. The first-order valence-electron chi connectivity index (χ1n) is 7.85. The Balaban J connectivity index is 1.95. The topological polar surface area (TPSA) is 37.3 Å². The third-order valence-corrected chi connectivity index (χ3v) is 7.03. The van der Waals surface area contributed by atoms with E-state index in [0.29, 0.717) is 4.88 Å². The smallest absolute Gasteiger partial charge is 0.345 e. The zero-order valence-electron chi connectivity index (χ0n) is 14.0. The Labute approximate surface area is 145 Å². The summed E-state index contributed by atoms with van der Waals surface area (Å²) in [6, 6.07) is 10.3. The van der Waals surface area contributed by atoms with Gasteiger partial charge in [-0.15, -0.1) is 11.3 Å². The molecule has 1 aromatic carbocycles. The maximum atomic E-state index is 11.0. The van der Waals surface area contributed by atoms with Gasteiger partial charge in [0.2, 0.25) is 0 Å². The van der Waals surface area contributed by atoms with Crippen molar-refractivity contribution in [2.75, 3.05) is 0 Å². The average molecular weight is 347 g/mol. The standard InChI is InChI=1S/C19H22O2S2/c1-18(2)9-10-19(3,4)14-11-12(5-6-13(14)18)22-16-8-7-15(23-16)17(20)21/h5-8,11H,9-10H2,1-4H3,(H,20,21). The summed E-state index contributed by atoms with van der Waals surface area (Å²) < 4.78 is 1.02. The molecule has 0 aliphatic heterocycles. The van der Waals surface area contributed by atoms with Gasteiger partial charge in [0.1, 0.15) is 4.88 Å². The average Bonchev–Trinajstić information content (AvgIpc) is 2.93. The molecule has 4 heteroatoms. The maximum absolute atomic E-state index is 11.0. The van der Waals surface area contributed by atoms with Gasteiger partial charge in [-0.3, -0.25) is 0 Å². The first-order valence-corrected chi connectivity index (χ1v) is 9.48. The van der Waals surface area contributed by atoms with Crippen LogP contribution in [0.1, 0.15) is 61.3 Å². The van der Waals surface area contributed by atoms with E-state index in [1.54, 1.807) is 17.8 Å². The summed E-state index contributed by atoms with van der Waals surface area (Å²) >= 11 is 2.99. The molecule has 0 radical (unpaired) electrons. The Hall–Kier alpha value is -1.26. The van der Waals surface area contributed by atoms with Crippen molar-refractivity contribution in [3.8, 4) is 0 Å². The summed E-state index contributed by atoms with van der Waals surface area (Å²) in [6.07, 6.45) is 2.41. The number of aromatic carboxylic acids is 1. The van der Waals surface area contributed by atoms with Crippen molar-refractivity contribution in [2.45, 2.75) is 60.5 Å². The monoisotopic (exact) mass is 346 g/mol. The molecule has 0 spiro atoms. The summed E-state index contributed by atoms with van der Waals surface area (Å²) in [7, 11) is 0. The van der Waals surface area contributed by atoms with Crippen LogP contribution in [0, 0.1) is 0 Å². The second-order valence-electron chi connectivity index (χ2n) is 7.50. The zero-order chi connectivity index (χ0) is 16.8. The Morgan fingerprint density at radius 3 is 2.30 bits per heavy atom. The quantitative estimate of drug-likeness (QED) is 0.746. The van der Waals surface area contributed by atoms with Crippen LogP contribution in [0.4, 0.5) is 0 Å². The molecule has 3 rings (SSSR count). The highest BCUT2D eigenvalue weighted by molar-refractivity contribution is 8.01. The van der Waals surface area contributed by atoms with E-state index in [1.807, 2.05) is 6.07 Å². The van der Waals surface area contributed by atoms with Gasteiger partial charge < -0.3 is 5.11 Å². The molecule has 0 saturated carbocycles. The van der Waals surface area contributed by atoms with E-state index < -0.39 is 5.97 Å². The molecule has 0 saturated heterocycles. The van der Waals surface area contributed by atoms with Gasteiger partial charge in [0.25, 0.3) is 0 Å². The third kappa shape index (κ3) is 3.20. The van der Waals surface area contributed by atoms with Crippen molar-refractivity contribution < 1.29 is 9.90 Å². The number of rotatable bonds is 3. The summed E-state index contributed by atoms with van der Waals surface area (Å²) in [4.78, 5) is 12.6. The number of hydrogen-bond acceptors (Lipinski definition) is 3. The molecule has 0 fully saturated rings. The minimum atomic E-state index is -0.852. The Morgan fingerprint density at radius 1 is 1.04 bits per heavy atom. The van der Waals surface area contributed by atoms with Crippen molar-refractivity contribution in [3.05, 3.63) is 46.3 Å². The molecule has 1 aliphatic carbocycles. The molecule has 23 heavy (non-hydrogen) atoms. The summed E-state index contributed by atoms with van der Waals surface area (Å²) in [5, 5.41) is 9.05. The van der Waals surface area contributed by atoms with Gasteiger partial charge in [0.15, 0.2) is 0 Å². The molecule has 0 unspecified atom stereocenters. The van der Waals surface area contributed by atoms with Gasteiger partial charge in [-0.25, -0.2) is 4.79 Å². The number of hydrogen-bond donors (Lipinski definition) is 1. The Kier molecular flexibility index (Phi) is 4.09. The zero-order valence-corrected chi connectivity index (χ0v) is 15.6. The largest absolute Gasteiger partial charge is 0.477 e. The van der Waals surface area contributed by atoms with E-state index in [0.717, 1.165) is 4.21 Å². The minimum Gasteiger partial charge on any atom is -0.477 e. The van der Waals surface area contributed by atoms with Crippen LogP contribution in [0.5, 0.6) is 0 Å². The van der Waals surface area contributed by atoms with Crippen LogP contribution in [0.2, 0.25) is 0 Å². The normalized spacial score (nSPS) is 18.4. The molecule has 1 N–H and O–H groups in total. The van der Waals surface area contributed by atoms with Crippen molar-refractivity contribution >= 4 is 29.1 Å². The third-order valence-electron chi connectivity index (χ3n) is 4.83. The van der Waals surface area contributed by atoms with Gasteiger partial charge >= 0.3 is 5.97 Å². The lowest BCUT2D eigenvalue weighted by atomic mass is 9.63. The molecule has 1 aromatic heterocycles. The highest BCUT2D eigenvalue weighted by Crippen LogP contribution is 2.47. The van der Waals surface area contributed by atoms with E-state index in [-0.39, 0.29) is 10.8 Å². The number of fused-ring (bicyclic) bond motifs is 1. The number of carboxylic acid groups (broad SMARTS) is 1. The lowest BCUT2D eigenvalue weighted by Gasteiger charge is -2.42. The first-order chi connectivity index (χ1) is 10.7. The molecule has 122 valence electrons. The lowest BCUT2D eigenvalue weighted by Crippen LogP contribution is -2.33. The molecule has 0 amide bonds. The molecular weight excluding hydrogens is 324 g/mol. The predicted octanol–water partition coefficient (Wildman–Crippen LogP) is 5.95. The fourth-order valence-electron chi connectivity index (χ4n) is 3.24. The van der Waals surface area contributed by atoms with Gasteiger partial charge in [-0.05, 0) is 59.1 Å². The summed E-state index contributed by atoms with van der Waals surface area (Å²) in [5.41, 5.74) is 3.32. The summed E-state index contributed by atoms with van der Waals surface area (Å²) in [6.45, 7) is 9.30. The van der Waals surface area contributed by atoms with Crippen LogP contribution < -0.4 is 0 Å². The maximum Gasteiger partial charge on any atom is 0.345 e. The summed E-state index contributed by atoms with van der Waals surface area (Å²) in [5.74, 6) is -0.852. The van der Waals surface area contributed by atoms with E-state index in [4.69, 9.17) is 5.11 Å². The highest BCUT2D eigenvalue weighted by atomic mass is 32.2. The SMILES string of the molecule is CC1(C)CCC(C)(C)c2cc(Sc3ccc(C(=O)O)s3)ccc21. The van der Waals surface area contributed by atoms with Crippen LogP contribution in [-0.4, -0.2) is 11.1 Å². The fraction of sp³-hybridized carbons (Fsp3) is 0.421. The van der Waals surface area contributed by atoms with E-state index >= 15 is 0 Å². The van der Waals surface area contributed by atoms with Gasteiger partial charge in [0.05, 0.1) is 4.21 Å². The van der Waals surface area contributed by atoms with E-state index in [9.17, 15) is 4.79 Å². The van der Waals surface area contributed by atoms with Crippen molar-refractivity contribution in [1.29, 1.82) is 0 Å². The lowest BCUT2D eigenvalue weighted by molar-refractivity contribution is 0.0702. The molecule has 2 aromatic rings. The number of carboxylic acids is 1. The molecule has 0 bridgehead atoms. The Morgan fingerprint density at radius 2 is 1.70 bits per heavy atom. The molecule has 0 atom stereocenters.